The van der Waals surface area contributed by atoms with Crippen LogP contribution in [-0.4, -0.2) is 21.1 Å². The first-order valence-corrected chi connectivity index (χ1v) is 3.88. The second-order valence-electron chi connectivity index (χ2n) is 3.22. The van der Waals surface area contributed by atoms with Gasteiger partial charge >= 0.3 is 5.82 Å². The number of rotatable bonds is 2. The van der Waals surface area contributed by atoms with Crippen LogP contribution in [0.3, 0.4) is 0 Å². The Morgan fingerprint density at radius 3 is 2.92 bits per heavy atom. The molecule has 1 aromatic rings. The van der Waals surface area contributed by atoms with Crippen LogP contribution >= 0.6 is 0 Å². The number of aryl methyl sites for hydroxylation is 1. The monoisotopic (exact) mass is 183 g/mol. The Balaban J connectivity index is 2.53. The molecule has 1 aliphatic rings. The van der Waals surface area contributed by atoms with Crippen molar-refractivity contribution in [1.82, 2.24) is 9.55 Å². The molecular weight excluding hydrogens is 174 g/mol. The molecule has 0 bridgehead atoms. The van der Waals surface area contributed by atoms with Crippen molar-refractivity contribution in [1.29, 1.82) is 0 Å². The number of aromatic nitrogens is 2. The van der Waals surface area contributed by atoms with E-state index in [0.717, 1.165) is 0 Å². The highest BCUT2D eigenvalue weighted by Crippen LogP contribution is 2.36. The zero-order valence-corrected chi connectivity index (χ0v) is 7.35. The summed E-state index contributed by atoms with van der Waals surface area (Å²) in [7, 11) is 0. The molecule has 1 aromatic heterocycles. The van der Waals surface area contributed by atoms with Gasteiger partial charge in [0.2, 0.25) is 5.72 Å². The fraction of sp³-hybridized carbons (Fsp3) is 0.571. The number of ether oxygens (including phenoxy) is 1. The average molecular weight is 183 g/mol. The van der Waals surface area contributed by atoms with Crippen molar-refractivity contribution in [2.45, 2.75) is 19.6 Å². The summed E-state index contributed by atoms with van der Waals surface area (Å²) in [4.78, 5) is 14.0. The average Bonchev–Trinajstić information content (AvgIpc) is 2.62. The van der Waals surface area contributed by atoms with Crippen LogP contribution in [-0.2, 0) is 10.5 Å². The maximum Gasteiger partial charge on any atom is 0.345 e. The summed E-state index contributed by atoms with van der Waals surface area (Å²) in [6, 6.07) is 0. The van der Waals surface area contributed by atoms with Gasteiger partial charge in [-0.15, -0.1) is 0 Å². The molecule has 2 heterocycles. The molecule has 1 unspecified atom stereocenters. The molecule has 0 N–H and O–H groups in total. The third-order valence-electron chi connectivity index (χ3n) is 2.14. The minimum absolute atomic E-state index is 0.0162. The van der Waals surface area contributed by atoms with Crippen LogP contribution in [0.2, 0.25) is 0 Å². The Morgan fingerprint density at radius 1 is 1.85 bits per heavy atom. The summed E-state index contributed by atoms with van der Waals surface area (Å²) >= 11 is 0. The Bertz CT molecular complexity index is 367. The quantitative estimate of drug-likeness (QED) is 0.386. The predicted molar refractivity (Wildman–Crippen MR) is 43.2 cm³/mol. The van der Waals surface area contributed by atoms with Gasteiger partial charge in [0, 0.05) is 13.8 Å². The highest BCUT2D eigenvalue weighted by Gasteiger charge is 2.50. The van der Waals surface area contributed by atoms with E-state index in [0.29, 0.717) is 12.4 Å². The SMILES string of the molecule is Cc1ncc([N+](=O)[O-])n1C1(C)CO1. The number of hydrogen-bond donors (Lipinski definition) is 0. The van der Waals surface area contributed by atoms with E-state index in [9.17, 15) is 10.1 Å². The van der Waals surface area contributed by atoms with E-state index in [-0.39, 0.29) is 5.82 Å². The normalized spacial score (nSPS) is 26.0. The molecule has 1 fully saturated rings. The van der Waals surface area contributed by atoms with Crippen LogP contribution in [0.5, 0.6) is 0 Å². The topological polar surface area (TPSA) is 73.5 Å². The van der Waals surface area contributed by atoms with Crippen LogP contribution in [0.4, 0.5) is 5.82 Å². The molecule has 0 aliphatic carbocycles. The highest BCUT2D eigenvalue weighted by molar-refractivity contribution is 5.22. The Hall–Kier alpha value is -1.43. The molecule has 0 aromatic carbocycles. The van der Waals surface area contributed by atoms with Crippen LogP contribution < -0.4 is 0 Å². The van der Waals surface area contributed by atoms with Crippen LogP contribution in [0.25, 0.3) is 0 Å². The molecule has 0 amide bonds. The van der Waals surface area contributed by atoms with Gasteiger partial charge in [0.05, 0.1) is 0 Å². The van der Waals surface area contributed by atoms with E-state index >= 15 is 0 Å². The lowest BCUT2D eigenvalue weighted by Crippen LogP contribution is -2.17. The summed E-state index contributed by atoms with van der Waals surface area (Å²) < 4.78 is 6.64. The van der Waals surface area contributed by atoms with Gasteiger partial charge in [-0.2, -0.15) is 4.57 Å². The molecule has 6 heteroatoms. The number of epoxide rings is 1. The van der Waals surface area contributed by atoms with Crippen LogP contribution in [0.1, 0.15) is 12.7 Å². The lowest BCUT2D eigenvalue weighted by molar-refractivity contribution is -0.393. The minimum atomic E-state index is -0.553. The van der Waals surface area contributed by atoms with Gasteiger partial charge in [0.1, 0.15) is 12.8 Å². The van der Waals surface area contributed by atoms with E-state index in [4.69, 9.17) is 4.74 Å². The molecule has 13 heavy (non-hydrogen) atoms. The van der Waals surface area contributed by atoms with E-state index in [1.54, 1.807) is 13.8 Å². The van der Waals surface area contributed by atoms with E-state index < -0.39 is 10.6 Å². The molecule has 0 saturated carbocycles. The van der Waals surface area contributed by atoms with Gasteiger partial charge in [-0.25, -0.2) is 4.98 Å². The Morgan fingerprint density at radius 2 is 2.46 bits per heavy atom. The van der Waals surface area contributed by atoms with Crippen molar-refractivity contribution in [3.05, 3.63) is 22.1 Å². The summed E-state index contributed by atoms with van der Waals surface area (Å²) in [5, 5.41) is 10.6. The van der Waals surface area contributed by atoms with Gasteiger partial charge in [-0.05, 0) is 4.92 Å². The smallest absolute Gasteiger partial charge is 0.345 e. The molecule has 6 nitrogen and oxygen atoms in total. The standard InChI is InChI=1S/C7H9N3O3/c1-5-8-3-6(10(11)12)9(5)7(2)4-13-7/h3H,4H2,1-2H3. The number of nitrogens with zero attached hydrogens (tertiary/aromatic N) is 3. The number of hydrogen-bond acceptors (Lipinski definition) is 4. The summed E-state index contributed by atoms with van der Waals surface area (Å²) in [6.45, 7) is 4.03. The zero-order valence-electron chi connectivity index (χ0n) is 7.35. The summed E-state index contributed by atoms with van der Waals surface area (Å²) in [6.07, 6.45) is 1.25. The largest absolute Gasteiger partial charge is 0.358 e. The third kappa shape index (κ3) is 1.10. The first-order valence-electron chi connectivity index (χ1n) is 3.88. The van der Waals surface area contributed by atoms with Crippen LogP contribution in [0.15, 0.2) is 6.20 Å². The van der Waals surface area contributed by atoms with Gasteiger partial charge in [-0.1, -0.05) is 0 Å². The zero-order chi connectivity index (χ0) is 9.64. The third-order valence-corrected chi connectivity index (χ3v) is 2.14. The van der Waals surface area contributed by atoms with Gasteiger partial charge in [0.15, 0.2) is 5.82 Å². The fourth-order valence-electron chi connectivity index (χ4n) is 1.38. The van der Waals surface area contributed by atoms with Crippen molar-refractivity contribution < 1.29 is 9.66 Å². The molecule has 0 radical (unpaired) electrons. The van der Waals surface area contributed by atoms with Gasteiger partial charge < -0.3 is 14.9 Å². The van der Waals surface area contributed by atoms with E-state index in [2.05, 4.69) is 4.98 Å². The summed E-state index contributed by atoms with van der Waals surface area (Å²) in [5.74, 6) is 0.587. The molecule has 1 saturated heterocycles. The van der Waals surface area contributed by atoms with E-state index in [1.165, 1.54) is 10.8 Å². The van der Waals surface area contributed by atoms with E-state index in [1.807, 2.05) is 0 Å². The molecule has 1 atom stereocenters. The Kier molecular flexibility index (Phi) is 1.44. The van der Waals surface area contributed by atoms with Gasteiger partial charge in [-0.3, -0.25) is 0 Å². The molecule has 0 spiro atoms. The lowest BCUT2D eigenvalue weighted by Gasteiger charge is -2.05. The molecule has 70 valence electrons. The van der Waals surface area contributed by atoms with Crippen molar-refractivity contribution in [2.24, 2.45) is 0 Å². The first-order chi connectivity index (χ1) is 6.04. The molecule has 2 rings (SSSR count). The summed E-state index contributed by atoms with van der Waals surface area (Å²) in [5.41, 5.74) is -0.553. The second-order valence-corrected chi connectivity index (χ2v) is 3.22. The molecule has 1 aliphatic heterocycles. The minimum Gasteiger partial charge on any atom is -0.358 e. The van der Waals surface area contributed by atoms with Gasteiger partial charge in [0.25, 0.3) is 0 Å². The lowest BCUT2D eigenvalue weighted by atomic mass is 10.3. The van der Waals surface area contributed by atoms with Crippen molar-refractivity contribution in [3.8, 4) is 0 Å². The second kappa shape index (κ2) is 2.29. The van der Waals surface area contributed by atoms with Crippen molar-refractivity contribution in [2.75, 3.05) is 6.61 Å². The predicted octanol–water partition coefficient (Wildman–Crippen LogP) is 0.803. The van der Waals surface area contributed by atoms with Crippen LogP contribution in [0, 0.1) is 17.0 Å². The maximum atomic E-state index is 10.6. The van der Waals surface area contributed by atoms with Crippen molar-refractivity contribution >= 4 is 5.82 Å². The fourth-order valence-corrected chi connectivity index (χ4v) is 1.38. The highest BCUT2D eigenvalue weighted by atomic mass is 16.6. The molecular formula is C7H9N3O3. The number of imidazole rings is 1. The Labute approximate surface area is 74.3 Å². The number of nitro groups is 1. The maximum absolute atomic E-state index is 10.6. The van der Waals surface area contributed by atoms with Crippen molar-refractivity contribution in [3.63, 3.8) is 0 Å². The first kappa shape index (κ1) is 8.18.